The summed E-state index contributed by atoms with van der Waals surface area (Å²) in [4.78, 5) is 20.6. The number of ether oxygens (including phenoxy) is 1. The Labute approximate surface area is 128 Å². The monoisotopic (exact) mass is 301 g/mol. The maximum absolute atomic E-state index is 11.8. The van der Waals surface area contributed by atoms with E-state index in [1.807, 2.05) is 6.92 Å². The van der Waals surface area contributed by atoms with Gasteiger partial charge >= 0.3 is 0 Å². The molecule has 0 bridgehead atoms. The lowest BCUT2D eigenvalue weighted by Crippen LogP contribution is -2.32. The molecular formula is C15H19N5O2. The fourth-order valence-electron chi connectivity index (χ4n) is 2.49. The maximum Gasteiger partial charge on any atom is 0.269 e. The first-order valence-electron chi connectivity index (χ1n) is 7.40. The van der Waals surface area contributed by atoms with Crippen LogP contribution in [0.1, 0.15) is 48.1 Å². The van der Waals surface area contributed by atoms with Crippen LogP contribution in [-0.2, 0) is 16.9 Å². The van der Waals surface area contributed by atoms with Gasteiger partial charge in [0.25, 0.3) is 5.91 Å². The summed E-state index contributed by atoms with van der Waals surface area (Å²) >= 11 is 0. The van der Waals surface area contributed by atoms with Gasteiger partial charge in [0.2, 0.25) is 0 Å². The van der Waals surface area contributed by atoms with Gasteiger partial charge < -0.3 is 10.1 Å². The standard InChI is InChI=1S/C15H19N5O2/c1-15(5-2-3-7-22-15)14-17-9-11(10-18-14)8-16-13(21)12-4-6-19-20-12/h4,6,9-10H,2-3,5,7-8H2,1H3,(H,16,21)(H,19,20)/t15-/m1/s1. The molecule has 0 radical (unpaired) electrons. The lowest BCUT2D eigenvalue weighted by molar-refractivity contribution is -0.0760. The number of aromatic amines is 1. The minimum atomic E-state index is -0.393. The molecule has 0 aromatic carbocycles. The molecular weight excluding hydrogens is 282 g/mol. The summed E-state index contributed by atoms with van der Waals surface area (Å²) in [6, 6.07) is 1.62. The van der Waals surface area contributed by atoms with E-state index in [1.54, 1.807) is 18.5 Å². The number of amides is 1. The van der Waals surface area contributed by atoms with E-state index in [0.29, 0.717) is 18.1 Å². The molecule has 0 unspecified atom stereocenters. The van der Waals surface area contributed by atoms with Crippen LogP contribution in [0.5, 0.6) is 0 Å². The normalized spacial score (nSPS) is 21.5. The van der Waals surface area contributed by atoms with Crippen molar-refractivity contribution in [1.82, 2.24) is 25.5 Å². The number of carbonyl (C=O) groups is 1. The Morgan fingerprint density at radius 2 is 2.23 bits per heavy atom. The maximum atomic E-state index is 11.8. The van der Waals surface area contributed by atoms with E-state index < -0.39 is 5.60 Å². The average molecular weight is 301 g/mol. The van der Waals surface area contributed by atoms with Crippen LogP contribution < -0.4 is 5.32 Å². The highest BCUT2D eigenvalue weighted by Gasteiger charge is 2.32. The Bertz CT molecular complexity index is 618. The van der Waals surface area contributed by atoms with E-state index in [1.165, 1.54) is 6.20 Å². The van der Waals surface area contributed by atoms with Gasteiger partial charge in [-0.1, -0.05) is 0 Å². The van der Waals surface area contributed by atoms with Crippen molar-refractivity contribution in [3.8, 4) is 0 Å². The van der Waals surface area contributed by atoms with Gasteiger partial charge in [0.05, 0.1) is 0 Å². The first-order valence-corrected chi connectivity index (χ1v) is 7.40. The quantitative estimate of drug-likeness (QED) is 0.893. The van der Waals surface area contributed by atoms with E-state index in [4.69, 9.17) is 4.74 Å². The molecule has 7 nitrogen and oxygen atoms in total. The molecule has 0 saturated carbocycles. The second kappa shape index (κ2) is 6.23. The van der Waals surface area contributed by atoms with Crippen molar-refractivity contribution in [1.29, 1.82) is 0 Å². The second-order valence-electron chi connectivity index (χ2n) is 5.60. The molecule has 1 saturated heterocycles. The molecule has 1 atom stereocenters. The molecule has 116 valence electrons. The highest BCUT2D eigenvalue weighted by atomic mass is 16.5. The lowest BCUT2D eigenvalue weighted by Gasteiger charge is -2.32. The zero-order valence-corrected chi connectivity index (χ0v) is 12.5. The highest BCUT2D eigenvalue weighted by Crippen LogP contribution is 2.32. The topological polar surface area (TPSA) is 92.8 Å². The molecule has 1 fully saturated rings. The van der Waals surface area contributed by atoms with Crippen LogP contribution in [0, 0.1) is 0 Å². The molecule has 3 rings (SSSR count). The van der Waals surface area contributed by atoms with Crippen molar-refractivity contribution >= 4 is 5.91 Å². The third-order valence-electron chi connectivity index (χ3n) is 3.85. The van der Waals surface area contributed by atoms with Crippen molar-refractivity contribution in [3.05, 3.63) is 41.7 Å². The number of hydrogen-bond acceptors (Lipinski definition) is 5. The molecule has 1 amide bonds. The summed E-state index contributed by atoms with van der Waals surface area (Å²) < 4.78 is 5.83. The average Bonchev–Trinajstić information content (AvgIpc) is 3.08. The second-order valence-corrected chi connectivity index (χ2v) is 5.60. The van der Waals surface area contributed by atoms with Crippen LogP contribution in [0.2, 0.25) is 0 Å². The van der Waals surface area contributed by atoms with Gasteiger partial charge in [-0.05, 0) is 32.3 Å². The SMILES string of the molecule is C[C@]1(c2ncc(CNC(=O)c3ccn[nH]3)cn2)CCCCO1. The van der Waals surface area contributed by atoms with Crippen molar-refractivity contribution < 1.29 is 9.53 Å². The van der Waals surface area contributed by atoms with Gasteiger partial charge in [-0.2, -0.15) is 5.10 Å². The molecule has 1 aliphatic rings. The molecule has 22 heavy (non-hydrogen) atoms. The third-order valence-corrected chi connectivity index (χ3v) is 3.85. The number of rotatable bonds is 4. The predicted octanol–water partition coefficient (Wildman–Crippen LogP) is 1.55. The Hall–Kier alpha value is -2.28. The number of nitrogens with zero attached hydrogens (tertiary/aromatic N) is 3. The molecule has 3 heterocycles. The van der Waals surface area contributed by atoms with E-state index in [0.717, 1.165) is 31.4 Å². The fraction of sp³-hybridized carbons (Fsp3) is 0.467. The van der Waals surface area contributed by atoms with Gasteiger partial charge in [-0.15, -0.1) is 0 Å². The van der Waals surface area contributed by atoms with Gasteiger partial charge in [-0.25, -0.2) is 9.97 Å². The van der Waals surface area contributed by atoms with Gasteiger partial charge in [-0.3, -0.25) is 9.89 Å². The molecule has 7 heteroatoms. The molecule has 2 aromatic rings. The summed E-state index contributed by atoms with van der Waals surface area (Å²) in [6.45, 7) is 3.15. The van der Waals surface area contributed by atoms with Crippen molar-refractivity contribution in [2.75, 3.05) is 6.61 Å². The summed E-state index contributed by atoms with van der Waals surface area (Å²) in [5, 5.41) is 9.15. The van der Waals surface area contributed by atoms with Crippen LogP contribution in [-0.4, -0.2) is 32.7 Å². The minimum Gasteiger partial charge on any atom is -0.367 e. The van der Waals surface area contributed by atoms with Crippen molar-refractivity contribution in [3.63, 3.8) is 0 Å². The van der Waals surface area contributed by atoms with E-state index >= 15 is 0 Å². The molecule has 0 spiro atoms. The lowest BCUT2D eigenvalue weighted by atomic mass is 9.95. The first-order chi connectivity index (χ1) is 10.7. The number of hydrogen-bond donors (Lipinski definition) is 2. The zero-order chi connectivity index (χ0) is 15.4. The summed E-state index contributed by atoms with van der Waals surface area (Å²) in [5.41, 5.74) is 0.882. The van der Waals surface area contributed by atoms with Crippen LogP contribution in [0.15, 0.2) is 24.7 Å². The number of H-pyrrole nitrogens is 1. The summed E-state index contributed by atoms with van der Waals surface area (Å²) in [7, 11) is 0. The van der Waals surface area contributed by atoms with Gasteiger partial charge in [0.15, 0.2) is 5.82 Å². The van der Waals surface area contributed by atoms with Crippen LogP contribution in [0.4, 0.5) is 0 Å². The Kier molecular flexibility index (Phi) is 4.15. The van der Waals surface area contributed by atoms with Gasteiger partial charge in [0, 0.05) is 37.3 Å². The van der Waals surface area contributed by atoms with Crippen molar-refractivity contribution in [2.45, 2.75) is 38.3 Å². The number of nitrogens with one attached hydrogen (secondary N) is 2. The Balaban J connectivity index is 1.61. The fourth-order valence-corrected chi connectivity index (χ4v) is 2.49. The molecule has 2 aromatic heterocycles. The van der Waals surface area contributed by atoms with Crippen molar-refractivity contribution in [2.24, 2.45) is 0 Å². The van der Waals surface area contributed by atoms with E-state index in [-0.39, 0.29) is 5.91 Å². The smallest absolute Gasteiger partial charge is 0.269 e. The largest absolute Gasteiger partial charge is 0.367 e. The van der Waals surface area contributed by atoms with Crippen LogP contribution >= 0.6 is 0 Å². The van der Waals surface area contributed by atoms with Gasteiger partial charge in [0.1, 0.15) is 11.3 Å². The first kappa shape index (κ1) is 14.6. The summed E-state index contributed by atoms with van der Waals surface area (Å²) in [6.07, 6.45) is 8.16. The Morgan fingerprint density at radius 3 is 2.86 bits per heavy atom. The van der Waals surface area contributed by atoms with E-state index in [9.17, 15) is 4.79 Å². The highest BCUT2D eigenvalue weighted by molar-refractivity contribution is 5.91. The zero-order valence-electron chi connectivity index (χ0n) is 12.5. The molecule has 2 N–H and O–H groups in total. The molecule has 0 aliphatic carbocycles. The predicted molar refractivity (Wildman–Crippen MR) is 78.9 cm³/mol. The van der Waals surface area contributed by atoms with Crippen LogP contribution in [0.25, 0.3) is 0 Å². The summed E-state index contributed by atoms with van der Waals surface area (Å²) in [5.74, 6) is 0.500. The van der Waals surface area contributed by atoms with E-state index in [2.05, 4.69) is 25.5 Å². The Morgan fingerprint density at radius 1 is 1.41 bits per heavy atom. The molecule has 1 aliphatic heterocycles. The van der Waals surface area contributed by atoms with Crippen LogP contribution in [0.3, 0.4) is 0 Å². The number of aromatic nitrogens is 4. The minimum absolute atomic E-state index is 0.204. The number of carbonyl (C=O) groups excluding carboxylic acids is 1. The third kappa shape index (κ3) is 3.14.